The van der Waals surface area contributed by atoms with Crippen LogP contribution in [0.2, 0.25) is 0 Å². The fourth-order valence-corrected chi connectivity index (χ4v) is 4.13. The largest absolute Gasteiger partial charge is 0.492 e. The smallest absolute Gasteiger partial charge is 0.222 e. The normalized spacial score (nSPS) is 14.0. The van der Waals surface area contributed by atoms with Crippen molar-refractivity contribution in [2.45, 2.75) is 26.7 Å². The molecular weight excluding hydrogens is 432 g/mol. The first kappa shape index (κ1) is 23.5. The molecule has 1 N–H and O–H groups in total. The van der Waals surface area contributed by atoms with E-state index in [-0.39, 0.29) is 12.5 Å². The van der Waals surface area contributed by atoms with Gasteiger partial charge in [-0.1, -0.05) is 13.8 Å². The van der Waals surface area contributed by atoms with Gasteiger partial charge in [0.1, 0.15) is 17.6 Å². The molecular formula is C25H30N6O3. The van der Waals surface area contributed by atoms with Gasteiger partial charge in [0.25, 0.3) is 0 Å². The SMILES string of the molecule is CC(C)CC(=O)N1CCN(c2ccc(-c3cc(OCCCO)cn4ncc(C#N)c34)cn2)CC1. The van der Waals surface area contributed by atoms with Gasteiger partial charge in [-0.3, -0.25) is 4.79 Å². The molecule has 0 saturated carbocycles. The van der Waals surface area contributed by atoms with Crippen molar-refractivity contribution in [2.24, 2.45) is 5.92 Å². The topological polar surface area (TPSA) is 107 Å². The summed E-state index contributed by atoms with van der Waals surface area (Å²) in [5, 5.41) is 22.9. The van der Waals surface area contributed by atoms with Crippen LogP contribution in [0.15, 0.2) is 36.8 Å². The average molecular weight is 463 g/mol. The number of nitriles is 1. The third-order valence-corrected chi connectivity index (χ3v) is 5.88. The molecule has 9 heteroatoms. The van der Waals surface area contributed by atoms with Gasteiger partial charge < -0.3 is 19.6 Å². The van der Waals surface area contributed by atoms with Crippen LogP contribution in [-0.2, 0) is 4.79 Å². The molecule has 1 amide bonds. The lowest BCUT2D eigenvalue weighted by molar-refractivity contribution is -0.132. The number of pyridine rings is 2. The highest BCUT2D eigenvalue weighted by atomic mass is 16.5. The molecule has 1 aliphatic rings. The van der Waals surface area contributed by atoms with E-state index in [0.717, 1.165) is 30.0 Å². The molecule has 0 radical (unpaired) electrons. The number of hydrogen-bond acceptors (Lipinski definition) is 7. The number of carbonyl (C=O) groups is 1. The molecule has 4 heterocycles. The van der Waals surface area contributed by atoms with Crippen LogP contribution >= 0.6 is 0 Å². The maximum Gasteiger partial charge on any atom is 0.222 e. The predicted molar refractivity (Wildman–Crippen MR) is 129 cm³/mol. The second-order valence-corrected chi connectivity index (χ2v) is 8.85. The van der Waals surface area contributed by atoms with Gasteiger partial charge in [0.15, 0.2) is 0 Å². The van der Waals surface area contributed by atoms with Crippen LogP contribution in [0.25, 0.3) is 16.6 Å². The van der Waals surface area contributed by atoms with Crippen molar-refractivity contribution in [3.05, 3.63) is 42.4 Å². The van der Waals surface area contributed by atoms with Crippen LogP contribution in [0.5, 0.6) is 5.75 Å². The van der Waals surface area contributed by atoms with E-state index in [9.17, 15) is 10.1 Å². The highest BCUT2D eigenvalue weighted by molar-refractivity contribution is 5.85. The Morgan fingerprint density at radius 2 is 2.03 bits per heavy atom. The first-order valence-corrected chi connectivity index (χ1v) is 11.6. The molecule has 0 spiro atoms. The Morgan fingerprint density at radius 1 is 1.24 bits per heavy atom. The zero-order chi connectivity index (χ0) is 24.1. The number of amides is 1. The number of hydrogen-bond donors (Lipinski definition) is 1. The molecule has 0 aromatic carbocycles. The quantitative estimate of drug-likeness (QED) is 0.513. The van der Waals surface area contributed by atoms with Crippen molar-refractivity contribution >= 4 is 17.2 Å². The number of piperazine rings is 1. The number of aromatic nitrogens is 3. The van der Waals surface area contributed by atoms with Gasteiger partial charge in [-0.05, 0) is 24.1 Å². The van der Waals surface area contributed by atoms with Crippen molar-refractivity contribution in [3.63, 3.8) is 0 Å². The Morgan fingerprint density at radius 3 is 2.68 bits per heavy atom. The van der Waals surface area contributed by atoms with Crippen molar-refractivity contribution in [3.8, 4) is 22.9 Å². The molecule has 0 unspecified atom stereocenters. The molecule has 34 heavy (non-hydrogen) atoms. The Bertz CT molecular complexity index is 1170. The third kappa shape index (κ3) is 5.13. The molecule has 1 saturated heterocycles. The number of nitrogens with zero attached hydrogens (tertiary/aromatic N) is 6. The standard InChI is InChI=1S/C25H30N6O3/c1-18(2)12-24(33)30-8-6-29(7-9-30)23-5-4-19(15-27-23)22-13-21(34-11-3-10-32)17-31-25(22)20(14-26)16-28-31/h4-5,13,15-18,32H,3,6-12H2,1-2H3. The van der Waals surface area contributed by atoms with Gasteiger partial charge in [0.05, 0.1) is 30.1 Å². The molecule has 0 bridgehead atoms. The first-order chi connectivity index (χ1) is 16.5. The zero-order valence-corrected chi connectivity index (χ0v) is 19.6. The monoisotopic (exact) mass is 462 g/mol. The third-order valence-electron chi connectivity index (χ3n) is 5.88. The van der Waals surface area contributed by atoms with Crippen molar-refractivity contribution in [1.29, 1.82) is 5.26 Å². The van der Waals surface area contributed by atoms with Crippen LogP contribution in [0.3, 0.4) is 0 Å². The Labute approximate surface area is 199 Å². The van der Waals surface area contributed by atoms with E-state index in [4.69, 9.17) is 9.84 Å². The van der Waals surface area contributed by atoms with Crippen LogP contribution in [0.4, 0.5) is 5.82 Å². The van der Waals surface area contributed by atoms with Gasteiger partial charge >= 0.3 is 0 Å². The van der Waals surface area contributed by atoms with E-state index in [2.05, 4.69) is 34.9 Å². The summed E-state index contributed by atoms with van der Waals surface area (Å²) in [5.41, 5.74) is 2.83. The van der Waals surface area contributed by atoms with E-state index in [1.165, 1.54) is 6.20 Å². The van der Waals surface area contributed by atoms with E-state index in [1.807, 2.05) is 23.1 Å². The maximum absolute atomic E-state index is 12.3. The molecule has 1 fully saturated rings. The number of aliphatic hydroxyl groups is 1. The van der Waals surface area contributed by atoms with E-state index >= 15 is 0 Å². The summed E-state index contributed by atoms with van der Waals surface area (Å²) in [4.78, 5) is 21.1. The van der Waals surface area contributed by atoms with Crippen LogP contribution in [0.1, 0.15) is 32.3 Å². The minimum atomic E-state index is 0.0565. The minimum Gasteiger partial charge on any atom is -0.492 e. The van der Waals surface area contributed by atoms with Gasteiger partial charge in [-0.2, -0.15) is 10.4 Å². The maximum atomic E-state index is 12.3. The average Bonchev–Trinajstić information content (AvgIpc) is 3.27. The lowest BCUT2D eigenvalue weighted by atomic mass is 10.1. The Balaban J connectivity index is 1.53. The molecule has 1 aliphatic heterocycles. The second-order valence-electron chi connectivity index (χ2n) is 8.85. The van der Waals surface area contributed by atoms with Gasteiger partial charge in [0.2, 0.25) is 5.91 Å². The molecule has 9 nitrogen and oxygen atoms in total. The van der Waals surface area contributed by atoms with E-state index < -0.39 is 0 Å². The Kier molecular flexibility index (Phi) is 7.28. The fraction of sp³-hybridized carbons (Fsp3) is 0.440. The second kappa shape index (κ2) is 10.5. The molecule has 3 aromatic heterocycles. The van der Waals surface area contributed by atoms with Crippen LogP contribution < -0.4 is 9.64 Å². The number of fused-ring (bicyclic) bond motifs is 1. The summed E-state index contributed by atoms with van der Waals surface area (Å²) in [7, 11) is 0. The Hall–Kier alpha value is -3.64. The summed E-state index contributed by atoms with van der Waals surface area (Å²) in [5.74, 6) is 2.05. The predicted octanol–water partition coefficient (Wildman–Crippen LogP) is 2.72. The van der Waals surface area contributed by atoms with E-state index in [1.54, 1.807) is 16.9 Å². The number of ether oxygens (including phenoxy) is 1. The van der Waals surface area contributed by atoms with Crippen molar-refractivity contribution in [1.82, 2.24) is 19.5 Å². The lowest BCUT2D eigenvalue weighted by Crippen LogP contribution is -2.49. The highest BCUT2D eigenvalue weighted by Crippen LogP contribution is 2.31. The zero-order valence-electron chi connectivity index (χ0n) is 19.6. The van der Waals surface area contributed by atoms with Gasteiger partial charge in [0, 0.05) is 63.0 Å². The van der Waals surface area contributed by atoms with Crippen LogP contribution in [0, 0.1) is 17.2 Å². The summed E-state index contributed by atoms with van der Waals surface area (Å²) in [6, 6.07) is 8.04. The van der Waals surface area contributed by atoms with Gasteiger partial charge in [-0.25, -0.2) is 9.50 Å². The van der Waals surface area contributed by atoms with Crippen molar-refractivity contribution < 1.29 is 14.6 Å². The molecule has 0 atom stereocenters. The molecule has 4 rings (SSSR count). The van der Waals surface area contributed by atoms with Crippen molar-refractivity contribution in [2.75, 3.05) is 44.3 Å². The minimum absolute atomic E-state index is 0.0565. The fourth-order valence-electron chi connectivity index (χ4n) is 4.13. The number of rotatable bonds is 8. The van der Waals surface area contributed by atoms with Crippen LogP contribution in [-0.4, -0.2) is 69.9 Å². The summed E-state index contributed by atoms with van der Waals surface area (Å²) in [6.45, 7) is 7.46. The summed E-state index contributed by atoms with van der Waals surface area (Å²) in [6.07, 6.45) is 6.19. The lowest BCUT2D eigenvalue weighted by Gasteiger charge is -2.35. The van der Waals surface area contributed by atoms with E-state index in [0.29, 0.717) is 55.3 Å². The van der Waals surface area contributed by atoms with Gasteiger partial charge in [-0.15, -0.1) is 0 Å². The molecule has 3 aromatic rings. The molecule has 178 valence electrons. The highest BCUT2D eigenvalue weighted by Gasteiger charge is 2.22. The summed E-state index contributed by atoms with van der Waals surface area (Å²) >= 11 is 0. The first-order valence-electron chi connectivity index (χ1n) is 11.6. The number of anilines is 1. The number of carbonyl (C=O) groups excluding carboxylic acids is 1. The molecule has 0 aliphatic carbocycles. The number of aliphatic hydroxyl groups excluding tert-OH is 1. The summed E-state index contributed by atoms with van der Waals surface area (Å²) < 4.78 is 7.41.